The van der Waals surface area contributed by atoms with Crippen LogP contribution in [0.4, 0.5) is 0 Å². The van der Waals surface area contributed by atoms with Crippen LogP contribution in [-0.4, -0.2) is 68.5 Å². The van der Waals surface area contributed by atoms with Gasteiger partial charge in [0.25, 0.3) is 7.82 Å². The lowest BCUT2D eigenvalue weighted by Gasteiger charge is -2.29. The van der Waals surface area contributed by atoms with E-state index in [1.165, 1.54) is 103 Å². The highest BCUT2D eigenvalue weighted by atomic mass is 31.2. The molecule has 9 heteroatoms. The Morgan fingerprint density at radius 1 is 0.680 bits per heavy atom. The average molecular weight is 727 g/mol. The summed E-state index contributed by atoms with van der Waals surface area (Å²) in [6.07, 6.45) is 39.0. The predicted molar refractivity (Wildman–Crippen MR) is 210 cm³/mol. The van der Waals surface area contributed by atoms with Gasteiger partial charge in [0, 0.05) is 6.42 Å². The van der Waals surface area contributed by atoms with Gasteiger partial charge < -0.3 is 28.8 Å². The summed E-state index contributed by atoms with van der Waals surface area (Å²) < 4.78 is 23.1. The Labute approximate surface area is 308 Å². The third kappa shape index (κ3) is 35.1. The van der Waals surface area contributed by atoms with E-state index in [-0.39, 0.29) is 12.5 Å². The Kier molecular flexibility index (Phi) is 32.7. The maximum Gasteiger partial charge on any atom is 0.268 e. The summed E-state index contributed by atoms with van der Waals surface area (Å²) in [5, 5.41) is 13.7. The number of quaternary nitrogens is 1. The first kappa shape index (κ1) is 48.7. The minimum absolute atomic E-state index is 0.00826. The minimum Gasteiger partial charge on any atom is -0.756 e. The van der Waals surface area contributed by atoms with Crippen molar-refractivity contribution < 1.29 is 32.9 Å². The first-order chi connectivity index (χ1) is 24.0. The smallest absolute Gasteiger partial charge is 0.268 e. The normalized spacial score (nSPS) is 14.9. The quantitative estimate of drug-likeness (QED) is 0.0288. The zero-order valence-corrected chi connectivity index (χ0v) is 34.0. The van der Waals surface area contributed by atoms with E-state index in [0.29, 0.717) is 17.4 Å². The van der Waals surface area contributed by atoms with Gasteiger partial charge in [0.1, 0.15) is 13.2 Å². The lowest BCUT2D eigenvalue weighted by atomic mass is 10.0. The van der Waals surface area contributed by atoms with Gasteiger partial charge in [-0.25, -0.2) is 0 Å². The van der Waals surface area contributed by atoms with Crippen molar-refractivity contribution in [3.8, 4) is 0 Å². The molecule has 0 aromatic rings. The molecule has 0 heterocycles. The number of carbonyl (C=O) groups excluding carboxylic acids is 1. The van der Waals surface area contributed by atoms with Crippen LogP contribution in [0.15, 0.2) is 36.5 Å². The van der Waals surface area contributed by atoms with Gasteiger partial charge in [0.2, 0.25) is 5.91 Å². The van der Waals surface area contributed by atoms with E-state index in [2.05, 4.69) is 43.5 Å². The predicted octanol–water partition coefficient (Wildman–Crippen LogP) is 10.1. The van der Waals surface area contributed by atoms with Crippen LogP contribution in [-0.2, 0) is 18.4 Å². The molecular formula is C41H79N2O6P. The summed E-state index contributed by atoms with van der Waals surface area (Å²) in [5.41, 5.74) is 0. The van der Waals surface area contributed by atoms with Gasteiger partial charge in [-0.2, -0.15) is 0 Å². The Morgan fingerprint density at radius 2 is 1.12 bits per heavy atom. The number of likely N-dealkylation sites (N-methyl/N-ethyl adjacent to an activating group) is 1. The third-order valence-electron chi connectivity index (χ3n) is 8.83. The molecular weight excluding hydrogens is 647 g/mol. The Hall–Kier alpha value is -1.28. The first-order valence-electron chi connectivity index (χ1n) is 20.4. The molecule has 294 valence electrons. The number of aliphatic hydroxyl groups excluding tert-OH is 1. The van der Waals surface area contributed by atoms with Crippen molar-refractivity contribution >= 4 is 13.7 Å². The number of amides is 1. The van der Waals surface area contributed by atoms with E-state index in [9.17, 15) is 19.4 Å². The number of hydrogen-bond donors (Lipinski definition) is 2. The molecule has 0 saturated heterocycles. The van der Waals surface area contributed by atoms with Gasteiger partial charge in [-0.15, -0.1) is 0 Å². The second-order valence-electron chi connectivity index (χ2n) is 15.0. The molecule has 0 rings (SSSR count). The largest absolute Gasteiger partial charge is 0.756 e. The molecule has 0 aliphatic carbocycles. The number of nitrogens with one attached hydrogen (secondary N) is 1. The molecule has 0 aromatic heterocycles. The van der Waals surface area contributed by atoms with Crippen LogP contribution in [0.25, 0.3) is 0 Å². The number of allylic oxidation sites excluding steroid dienone is 5. The standard InChI is InChI=1S/C41H79N2O6P/c1-6-8-10-12-14-16-18-19-20-21-22-23-25-26-28-30-32-34-40(44)39(38-49-50(46,47)48-37-36-43(3,4)5)42-41(45)35-33-31-29-27-24-17-15-13-11-9-7-2/h20-21,25-26,32,34,39-40,44H,6-19,22-24,27-31,33,35-38H2,1-5H3,(H-,42,45,46,47)/b21-20+,26-25+,34-32+. The van der Waals surface area contributed by atoms with Gasteiger partial charge in [0.05, 0.1) is 39.9 Å². The van der Waals surface area contributed by atoms with Crippen LogP contribution in [0.5, 0.6) is 0 Å². The van der Waals surface area contributed by atoms with Gasteiger partial charge in [-0.3, -0.25) is 9.36 Å². The van der Waals surface area contributed by atoms with Crippen molar-refractivity contribution in [3.05, 3.63) is 36.5 Å². The van der Waals surface area contributed by atoms with E-state index >= 15 is 0 Å². The SMILES string of the molecule is CCCCCCCCC/C=C/CC/C=C/CC/C=C/C(O)C(COP(=O)([O-])OCC[N+](C)(C)C)NC(=O)CCCCCCCCCCCCC. The summed E-state index contributed by atoms with van der Waals surface area (Å²) in [5.74, 6) is -0.215. The van der Waals surface area contributed by atoms with Crippen LogP contribution in [0.3, 0.4) is 0 Å². The molecule has 0 radical (unpaired) electrons. The van der Waals surface area contributed by atoms with Crippen LogP contribution in [0, 0.1) is 0 Å². The summed E-state index contributed by atoms with van der Waals surface area (Å²) in [6, 6.07) is -0.904. The molecule has 3 unspecified atom stereocenters. The van der Waals surface area contributed by atoms with Crippen molar-refractivity contribution in [2.75, 3.05) is 40.9 Å². The molecule has 0 aromatic carbocycles. The van der Waals surface area contributed by atoms with Gasteiger partial charge in [0.15, 0.2) is 0 Å². The lowest BCUT2D eigenvalue weighted by molar-refractivity contribution is -0.870. The fourth-order valence-electron chi connectivity index (χ4n) is 5.54. The van der Waals surface area contributed by atoms with Crippen LogP contribution < -0.4 is 10.2 Å². The van der Waals surface area contributed by atoms with E-state index in [4.69, 9.17) is 9.05 Å². The number of aliphatic hydroxyl groups is 1. The van der Waals surface area contributed by atoms with Gasteiger partial charge in [-0.1, -0.05) is 153 Å². The summed E-state index contributed by atoms with van der Waals surface area (Å²) in [7, 11) is 1.23. The zero-order chi connectivity index (χ0) is 37.2. The van der Waals surface area contributed by atoms with Crippen molar-refractivity contribution in [1.82, 2.24) is 5.32 Å². The zero-order valence-electron chi connectivity index (χ0n) is 33.1. The Morgan fingerprint density at radius 3 is 1.62 bits per heavy atom. The molecule has 8 nitrogen and oxygen atoms in total. The second kappa shape index (κ2) is 33.5. The lowest BCUT2D eigenvalue weighted by Crippen LogP contribution is -2.45. The molecule has 0 fully saturated rings. The third-order valence-corrected chi connectivity index (χ3v) is 9.79. The number of nitrogens with zero attached hydrogens (tertiary/aromatic N) is 1. The molecule has 0 bridgehead atoms. The Balaban J connectivity index is 4.57. The number of phosphoric ester groups is 1. The fraction of sp³-hybridized carbons (Fsp3) is 0.829. The summed E-state index contributed by atoms with van der Waals surface area (Å²) in [6.45, 7) is 4.58. The summed E-state index contributed by atoms with van der Waals surface area (Å²) >= 11 is 0. The van der Waals surface area contributed by atoms with Gasteiger partial charge >= 0.3 is 0 Å². The molecule has 3 atom stereocenters. The van der Waals surface area contributed by atoms with Gasteiger partial charge in [-0.05, 0) is 44.9 Å². The van der Waals surface area contributed by atoms with Crippen molar-refractivity contribution in [1.29, 1.82) is 0 Å². The van der Waals surface area contributed by atoms with Crippen LogP contribution >= 0.6 is 7.82 Å². The number of carbonyl (C=O) groups is 1. The highest BCUT2D eigenvalue weighted by Gasteiger charge is 2.23. The van der Waals surface area contributed by atoms with Crippen molar-refractivity contribution in [2.45, 2.75) is 180 Å². The first-order valence-corrected chi connectivity index (χ1v) is 21.8. The Bertz CT molecular complexity index is 917. The number of phosphoric acid groups is 1. The van der Waals surface area contributed by atoms with E-state index in [0.717, 1.165) is 44.9 Å². The molecule has 0 spiro atoms. The monoisotopic (exact) mass is 727 g/mol. The van der Waals surface area contributed by atoms with Crippen LogP contribution in [0.2, 0.25) is 0 Å². The minimum atomic E-state index is -4.59. The average Bonchev–Trinajstić information content (AvgIpc) is 3.06. The summed E-state index contributed by atoms with van der Waals surface area (Å²) in [4.78, 5) is 25.2. The fourth-order valence-corrected chi connectivity index (χ4v) is 6.26. The van der Waals surface area contributed by atoms with Crippen molar-refractivity contribution in [3.63, 3.8) is 0 Å². The second-order valence-corrected chi connectivity index (χ2v) is 16.4. The van der Waals surface area contributed by atoms with E-state index in [1.807, 2.05) is 27.2 Å². The maximum absolute atomic E-state index is 12.8. The number of rotatable bonds is 36. The van der Waals surface area contributed by atoms with Crippen LogP contribution in [0.1, 0.15) is 168 Å². The molecule has 0 aliphatic heterocycles. The van der Waals surface area contributed by atoms with E-state index < -0.39 is 26.6 Å². The highest BCUT2D eigenvalue weighted by Crippen LogP contribution is 2.38. The maximum atomic E-state index is 12.8. The number of unbranched alkanes of at least 4 members (excludes halogenated alkanes) is 19. The van der Waals surface area contributed by atoms with E-state index in [1.54, 1.807) is 6.08 Å². The molecule has 0 aliphatic rings. The highest BCUT2D eigenvalue weighted by molar-refractivity contribution is 7.45. The number of hydrogen-bond acceptors (Lipinski definition) is 6. The molecule has 0 saturated carbocycles. The van der Waals surface area contributed by atoms with Crippen molar-refractivity contribution in [2.24, 2.45) is 0 Å². The topological polar surface area (TPSA) is 108 Å². The molecule has 1 amide bonds. The molecule has 2 N–H and O–H groups in total. The molecule has 50 heavy (non-hydrogen) atoms.